The van der Waals surface area contributed by atoms with Crippen LogP contribution in [-0.4, -0.2) is 47.1 Å². The van der Waals surface area contributed by atoms with E-state index in [-0.39, 0.29) is 0 Å². The number of nitrogens with one attached hydrogen (secondary N) is 1. The highest BCUT2D eigenvalue weighted by molar-refractivity contribution is 7.99. The molecule has 3 heteroatoms. The van der Waals surface area contributed by atoms with Crippen LogP contribution < -0.4 is 5.32 Å². The molecule has 4 unspecified atom stereocenters. The fraction of sp³-hybridized carbons (Fsp3) is 1.00. The van der Waals surface area contributed by atoms with Crippen molar-refractivity contribution in [3.05, 3.63) is 0 Å². The maximum Gasteiger partial charge on any atom is 0.0213 e. The summed E-state index contributed by atoms with van der Waals surface area (Å²) in [5.41, 5.74) is 0. The Kier molecular flexibility index (Phi) is 3.69. The van der Waals surface area contributed by atoms with Gasteiger partial charge >= 0.3 is 0 Å². The molecule has 2 saturated carbocycles. The number of rotatable bonds is 4. The first-order chi connectivity index (χ1) is 8.28. The summed E-state index contributed by atoms with van der Waals surface area (Å²) < 4.78 is 0. The average Bonchev–Trinajstić information content (AvgIpc) is 2.96. The largest absolute Gasteiger partial charge is 0.309 e. The lowest BCUT2D eigenvalue weighted by atomic mass is 10.1. The molecule has 0 aromatic rings. The van der Waals surface area contributed by atoms with E-state index in [4.69, 9.17) is 0 Å². The van der Waals surface area contributed by atoms with E-state index >= 15 is 0 Å². The second kappa shape index (κ2) is 5.10. The van der Waals surface area contributed by atoms with Crippen molar-refractivity contribution in [1.82, 2.24) is 10.2 Å². The van der Waals surface area contributed by atoms with Gasteiger partial charge in [0.15, 0.2) is 0 Å². The van der Waals surface area contributed by atoms with E-state index in [2.05, 4.69) is 35.2 Å². The average molecular weight is 254 g/mol. The summed E-state index contributed by atoms with van der Waals surface area (Å²) >= 11 is 2.07. The highest BCUT2D eigenvalue weighted by Gasteiger charge is 2.40. The fourth-order valence-electron chi connectivity index (χ4n) is 3.79. The molecule has 1 saturated heterocycles. The molecule has 0 amide bonds. The first-order valence-electron chi connectivity index (χ1n) is 7.32. The summed E-state index contributed by atoms with van der Waals surface area (Å²) in [6.45, 7) is 3.73. The standard InChI is InChI=1S/C14H26N2S/c1-10-8-11(9-16(10)12-6-7-12)15-13-4-3-5-14(13)17-2/h10-15H,3-9H2,1-2H3. The maximum atomic E-state index is 3.96. The molecule has 3 aliphatic rings. The monoisotopic (exact) mass is 254 g/mol. The van der Waals surface area contributed by atoms with Crippen LogP contribution in [0.5, 0.6) is 0 Å². The number of thioether (sulfide) groups is 1. The van der Waals surface area contributed by atoms with E-state index in [1.165, 1.54) is 45.1 Å². The van der Waals surface area contributed by atoms with E-state index in [9.17, 15) is 0 Å². The van der Waals surface area contributed by atoms with Crippen molar-refractivity contribution < 1.29 is 0 Å². The lowest BCUT2D eigenvalue weighted by Crippen LogP contribution is -2.43. The van der Waals surface area contributed by atoms with Gasteiger partial charge in [0.05, 0.1) is 0 Å². The van der Waals surface area contributed by atoms with Crippen molar-refractivity contribution in [3.8, 4) is 0 Å². The molecular formula is C14H26N2S. The van der Waals surface area contributed by atoms with E-state index in [1.807, 2.05) is 0 Å². The van der Waals surface area contributed by atoms with Gasteiger partial charge in [-0.05, 0) is 45.3 Å². The van der Waals surface area contributed by atoms with Gasteiger partial charge in [-0.2, -0.15) is 11.8 Å². The first kappa shape index (κ1) is 12.3. The molecule has 0 aromatic heterocycles. The number of hydrogen-bond acceptors (Lipinski definition) is 3. The quantitative estimate of drug-likeness (QED) is 0.830. The van der Waals surface area contributed by atoms with Crippen molar-refractivity contribution in [3.63, 3.8) is 0 Å². The minimum atomic E-state index is 0.767. The molecule has 0 aromatic carbocycles. The van der Waals surface area contributed by atoms with Gasteiger partial charge in [0, 0.05) is 36.0 Å². The summed E-state index contributed by atoms with van der Waals surface area (Å²) in [5, 5.41) is 4.83. The molecule has 0 radical (unpaired) electrons. The molecule has 2 aliphatic carbocycles. The molecule has 1 N–H and O–H groups in total. The lowest BCUT2D eigenvalue weighted by molar-refractivity contribution is 0.254. The molecule has 3 rings (SSSR count). The maximum absolute atomic E-state index is 3.96. The van der Waals surface area contributed by atoms with Gasteiger partial charge in [-0.1, -0.05) is 6.42 Å². The van der Waals surface area contributed by atoms with E-state index in [1.54, 1.807) is 0 Å². The van der Waals surface area contributed by atoms with Gasteiger partial charge in [0.1, 0.15) is 0 Å². The van der Waals surface area contributed by atoms with E-state index in [0.717, 1.165) is 29.4 Å². The van der Waals surface area contributed by atoms with Crippen LogP contribution in [0.2, 0.25) is 0 Å². The van der Waals surface area contributed by atoms with Crippen LogP contribution >= 0.6 is 11.8 Å². The Hall–Kier alpha value is 0.270. The summed E-state index contributed by atoms with van der Waals surface area (Å²) in [6, 6.07) is 3.32. The van der Waals surface area contributed by atoms with Crippen LogP contribution in [0.1, 0.15) is 45.4 Å². The van der Waals surface area contributed by atoms with Gasteiger partial charge in [0.25, 0.3) is 0 Å². The number of hydrogen-bond donors (Lipinski definition) is 1. The topological polar surface area (TPSA) is 15.3 Å². The van der Waals surface area contributed by atoms with Gasteiger partial charge in [-0.25, -0.2) is 0 Å². The van der Waals surface area contributed by atoms with Gasteiger partial charge < -0.3 is 5.32 Å². The minimum Gasteiger partial charge on any atom is -0.309 e. The summed E-state index contributed by atoms with van der Waals surface area (Å²) in [4.78, 5) is 2.75. The summed E-state index contributed by atoms with van der Waals surface area (Å²) in [6.07, 6.45) is 10.8. The smallest absolute Gasteiger partial charge is 0.0213 e. The third-order valence-electron chi connectivity index (χ3n) is 4.84. The molecule has 1 aliphatic heterocycles. The Bertz CT molecular complexity index is 267. The van der Waals surface area contributed by atoms with Crippen LogP contribution in [-0.2, 0) is 0 Å². The Morgan fingerprint density at radius 3 is 2.71 bits per heavy atom. The van der Waals surface area contributed by atoms with Crippen molar-refractivity contribution in [2.24, 2.45) is 0 Å². The summed E-state index contributed by atoms with van der Waals surface area (Å²) in [5.74, 6) is 0. The second-order valence-electron chi connectivity index (χ2n) is 6.19. The minimum absolute atomic E-state index is 0.767. The highest BCUT2D eigenvalue weighted by atomic mass is 32.2. The molecule has 3 fully saturated rings. The van der Waals surface area contributed by atoms with Gasteiger partial charge in [-0.3, -0.25) is 4.90 Å². The van der Waals surface area contributed by atoms with E-state index < -0.39 is 0 Å². The Morgan fingerprint density at radius 1 is 1.18 bits per heavy atom. The second-order valence-corrected chi connectivity index (χ2v) is 7.26. The molecule has 4 atom stereocenters. The third kappa shape index (κ3) is 2.66. The predicted octanol–water partition coefficient (Wildman–Crippen LogP) is 2.49. The molecule has 0 spiro atoms. The molecule has 2 nitrogen and oxygen atoms in total. The van der Waals surface area contributed by atoms with E-state index in [0.29, 0.717) is 0 Å². The van der Waals surface area contributed by atoms with Gasteiger partial charge in [-0.15, -0.1) is 0 Å². The molecule has 98 valence electrons. The zero-order chi connectivity index (χ0) is 11.8. The zero-order valence-corrected chi connectivity index (χ0v) is 12.0. The van der Waals surface area contributed by atoms with Crippen LogP contribution in [0.4, 0.5) is 0 Å². The van der Waals surface area contributed by atoms with Crippen molar-refractivity contribution in [1.29, 1.82) is 0 Å². The predicted molar refractivity (Wildman–Crippen MR) is 75.7 cm³/mol. The molecular weight excluding hydrogens is 228 g/mol. The highest BCUT2D eigenvalue weighted by Crippen LogP contribution is 2.34. The number of likely N-dealkylation sites (tertiary alicyclic amines) is 1. The molecule has 1 heterocycles. The first-order valence-corrected chi connectivity index (χ1v) is 8.61. The van der Waals surface area contributed by atoms with Crippen LogP contribution in [0, 0.1) is 0 Å². The SMILES string of the molecule is CSC1CCCC1NC1CC(C)N(C2CC2)C1. The lowest BCUT2D eigenvalue weighted by Gasteiger charge is -2.24. The Labute approximate surface area is 110 Å². The van der Waals surface area contributed by atoms with Crippen LogP contribution in [0.25, 0.3) is 0 Å². The van der Waals surface area contributed by atoms with Crippen molar-refractivity contribution in [2.45, 2.75) is 74.9 Å². The Morgan fingerprint density at radius 2 is 2.00 bits per heavy atom. The Balaban J connectivity index is 1.52. The van der Waals surface area contributed by atoms with Crippen molar-refractivity contribution >= 4 is 11.8 Å². The molecule has 17 heavy (non-hydrogen) atoms. The third-order valence-corrected chi connectivity index (χ3v) is 6.01. The number of nitrogens with zero attached hydrogens (tertiary/aromatic N) is 1. The fourth-order valence-corrected chi connectivity index (χ4v) is 4.74. The zero-order valence-electron chi connectivity index (χ0n) is 11.2. The van der Waals surface area contributed by atoms with Crippen LogP contribution in [0.15, 0.2) is 0 Å². The normalized spacial score (nSPS) is 43.4. The van der Waals surface area contributed by atoms with Crippen LogP contribution in [0.3, 0.4) is 0 Å². The van der Waals surface area contributed by atoms with Crippen molar-refractivity contribution in [2.75, 3.05) is 12.8 Å². The summed E-state index contributed by atoms with van der Waals surface area (Å²) in [7, 11) is 0. The van der Waals surface area contributed by atoms with Gasteiger partial charge in [0.2, 0.25) is 0 Å². The molecule has 0 bridgehead atoms.